The number of hydrogen-bond donors (Lipinski definition) is 2. The Balaban J connectivity index is 1.47. The molecule has 1 aromatic heterocycles. The minimum Gasteiger partial charge on any atom is -0.406 e. The molecule has 7 nitrogen and oxygen atoms in total. The number of aromatic nitrogens is 1. The van der Waals surface area contributed by atoms with E-state index in [0.29, 0.717) is 36.8 Å². The number of halogens is 3. The number of amides is 2. The highest BCUT2D eigenvalue weighted by atomic mass is 32.1. The fraction of sp³-hybridized carbons (Fsp3) is 0.450. The number of hydrogen-bond acceptors (Lipinski definition) is 6. The van der Waals surface area contributed by atoms with Gasteiger partial charge in [0.05, 0.1) is 11.7 Å². The van der Waals surface area contributed by atoms with Crippen LogP contribution in [0.3, 0.4) is 0 Å². The maximum absolute atomic E-state index is 12.5. The predicted molar refractivity (Wildman–Crippen MR) is 111 cm³/mol. The number of alkyl halides is 3. The summed E-state index contributed by atoms with van der Waals surface area (Å²) in [5.74, 6) is -0.832. The molecule has 0 radical (unpaired) electrons. The third kappa shape index (κ3) is 6.66. The average Bonchev–Trinajstić information content (AvgIpc) is 3.12. The molecule has 168 valence electrons. The molecule has 2 N–H and O–H groups in total. The maximum Gasteiger partial charge on any atom is 0.573 e. The van der Waals surface area contributed by atoms with E-state index in [1.165, 1.54) is 23.5 Å². The van der Waals surface area contributed by atoms with Crippen LogP contribution in [-0.2, 0) is 9.59 Å². The third-order valence-electron chi connectivity index (χ3n) is 5.03. The Morgan fingerprint density at radius 2 is 1.84 bits per heavy atom. The molecule has 1 unspecified atom stereocenters. The molecule has 1 atom stereocenters. The van der Waals surface area contributed by atoms with Crippen LogP contribution in [0.2, 0.25) is 0 Å². The highest BCUT2D eigenvalue weighted by Crippen LogP contribution is 2.25. The van der Waals surface area contributed by atoms with E-state index >= 15 is 0 Å². The summed E-state index contributed by atoms with van der Waals surface area (Å²) in [6.07, 6.45) is -3.52. The zero-order valence-electron chi connectivity index (χ0n) is 17.0. The van der Waals surface area contributed by atoms with Crippen molar-refractivity contribution < 1.29 is 27.5 Å². The number of anilines is 2. The average molecular weight is 456 g/mol. The number of ether oxygens (including phenoxy) is 1. The second-order valence-electron chi connectivity index (χ2n) is 7.33. The summed E-state index contributed by atoms with van der Waals surface area (Å²) >= 11 is 1.39. The van der Waals surface area contributed by atoms with Gasteiger partial charge in [-0.25, -0.2) is 4.98 Å². The van der Waals surface area contributed by atoms with E-state index in [1.807, 2.05) is 17.2 Å². The molecular formula is C20H23F3N4O3S. The van der Waals surface area contributed by atoms with Crippen molar-refractivity contribution in [1.29, 1.82) is 0 Å². The number of benzene rings is 1. The van der Waals surface area contributed by atoms with Gasteiger partial charge in [-0.05, 0) is 64.0 Å². The standard InChI is InChI=1S/C20H23F3N4O3S/c1-12-11-31-19(24-12)26-18(29)14-7-9-27(10-8-14)13(2)17(28)25-15-3-5-16(6-4-15)30-20(21,22)23/h3-6,11,13-14H,7-10H2,1-2H3,(H,25,28)(H,24,26,29). The first-order chi connectivity index (χ1) is 14.6. The van der Waals surface area contributed by atoms with E-state index in [-0.39, 0.29) is 23.5 Å². The van der Waals surface area contributed by atoms with Gasteiger partial charge in [-0.15, -0.1) is 24.5 Å². The second-order valence-corrected chi connectivity index (χ2v) is 8.19. The van der Waals surface area contributed by atoms with Crippen molar-refractivity contribution in [2.24, 2.45) is 5.92 Å². The van der Waals surface area contributed by atoms with Gasteiger partial charge in [0, 0.05) is 17.0 Å². The Kier molecular flexibility index (Phi) is 7.16. The number of nitrogens with zero attached hydrogens (tertiary/aromatic N) is 2. The SMILES string of the molecule is Cc1csc(NC(=O)C2CCN(C(C)C(=O)Nc3ccc(OC(F)(F)F)cc3)CC2)n1. The van der Waals surface area contributed by atoms with Crippen molar-refractivity contribution >= 4 is 34.0 Å². The minimum absolute atomic E-state index is 0.0627. The number of carbonyl (C=O) groups is 2. The topological polar surface area (TPSA) is 83.6 Å². The molecule has 11 heteroatoms. The number of carbonyl (C=O) groups excluding carboxylic acids is 2. The molecule has 1 saturated heterocycles. The quantitative estimate of drug-likeness (QED) is 0.686. The fourth-order valence-corrected chi connectivity index (χ4v) is 4.01. The molecule has 3 rings (SSSR count). The Bertz CT molecular complexity index is 909. The molecule has 0 aliphatic carbocycles. The lowest BCUT2D eigenvalue weighted by Crippen LogP contribution is -2.47. The first-order valence-corrected chi connectivity index (χ1v) is 10.6. The number of nitrogens with one attached hydrogen (secondary N) is 2. The molecule has 31 heavy (non-hydrogen) atoms. The lowest BCUT2D eigenvalue weighted by Gasteiger charge is -2.34. The Morgan fingerprint density at radius 1 is 1.19 bits per heavy atom. The van der Waals surface area contributed by atoms with Gasteiger partial charge in [0.25, 0.3) is 0 Å². The van der Waals surface area contributed by atoms with Gasteiger partial charge in [0.2, 0.25) is 11.8 Å². The highest BCUT2D eigenvalue weighted by Gasteiger charge is 2.32. The van der Waals surface area contributed by atoms with E-state index in [9.17, 15) is 22.8 Å². The molecule has 1 aromatic carbocycles. The van der Waals surface area contributed by atoms with Gasteiger partial charge in [-0.1, -0.05) is 0 Å². The number of likely N-dealkylation sites (tertiary alicyclic amines) is 1. The van der Waals surface area contributed by atoms with E-state index < -0.39 is 12.4 Å². The first kappa shape index (κ1) is 23.0. The summed E-state index contributed by atoms with van der Waals surface area (Å²) in [7, 11) is 0. The summed E-state index contributed by atoms with van der Waals surface area (Å²) in [4.78, 5) is 31.2. The van der Waals surface area contributed by atoms with Crippen LogP contribution >= 0.6 is 11.3 Å². The first-order valence-electron chi connectivity index (χ1n) is 9.74. The predicted octanol–water partition coefficient (Wildman–Crippen LogP) is 4.03. The van der Waals surface area contributed by atoms with Gasteiger partial charge in [-0.2, -0.15) is 0 Å². The zero-order valence-corrected chi connectivity index (χ0v) is 17.8. The van der Waals surface area contributed by atoms with Crippen molar-refractivity contribution in [3.63, 3.8) is 0 Å². The normalized spacial score (nSPS) is 16.5. The number of piperidine rings is 1. The molecule has 2 aromatic rings. The molecule has 2 heterocycles. The van der Waals surface area contributed by atoms with E-state index in [0.717, 1.165) is 17.8 Å². The fourth-order valence-electron chi connectivity index (χ4n) is 3.32. The summed E-state index contributed by atoms with van der Waals surface area (Å²) < 4.78 is 40.5. The molecule has 0 bridgehead atoms. The van der Waals surface area contributed by atoms with Crippen LogP contribution in [0.15, 0.2) is 29.6 Å². The van der Waals surface area contributed by atoms with Crippen LogP contribution in [0.25, 0.3) is 0 Å². The second kappa shape index (κ2) is 9.65. The number of thiazole rings is 1. The van der Waals surface area contributed by atoms with Crippen molar-refractivity contribution in [3.8, 4) is 5.75 Å². The van der Waals surface area contributed by atoms with Crippen LogP contribution in [0.4, 0.5) is 24.0 Å². The minimum atomic E-state index is -4.76. The number of rotatable bonds is 6. The lowest BCUT2D eigenvalue weighted by molar-refractivity contribution is -0.274. The van der Waals surface area contributed by atoms with Crippen LogP contribution in [-0.4, -0.2) is 47.2 Å². The summed E-state index contributed by atoms with van der Waals surface area (Å²) in [5, 5.41) is 7.99. The molecule has 1 fully saturated rings. The van der Waals surface area contributed by atoms with Gasteiger partial charge < -0.3 is 15.4 Å². The Hall–Kier alpha value is -2.66. The summed E-state index contributed by atoms with van der Waals surface area (Å²) in [5.41, 5.74) is 1.23. The smallest absolute Gasteiger partial charge is 0.406 e. The van der Waals surface area contributed by atoms with E-state index in [1.54, 1.807) is 6.92 Å². The van der Waals surface area contributed by atoms with E-state index in [2.05, 4.69) is 20.4 Å². The van der Waals surface area contributed by atoms with Crippen molar-refractivity contribution in [1.82, 2.24) is 9.88 Å². The number of aryl methyl sites for hydroxylation is 1. The van der Waals surface area contributed by atoms with Gasteiger partial charge in [-0.3, -0.25) is 14.5 Å². The molecule has 0 spiro atoms. The van der Waals surface area contributed by atoms with Crippen LogP contribution in [0.1, 0.15) is 25.5 Å². The van der Waals surface area contributed by atoms with Crippen molar-refractivity contribution in [3.05, 3.63) is 35.3 Å². The monoisotopic (exact) mass is 456 g/mol. The van der Waals surface area contributed by atoms with Crippen molar-refractivity contribution in [2.75, 3.05) is 23.7 Å². The van der Waals surface area contributed by atoms with Gasteiger partial charge >= 0.3 is 6.36 Å². The summed E-state index contributed by atoms with van der Waals surface area (Å²) in [6.45, 7) is 4.79. The van der Waals surface area contributed by atoms with Crippen LogP contribution in [0, 0.1) is 12.8 Å². The molecule has 1 aliphatic rings. The van der Waals surface area contributed by atoms with E-state index in [4.69, 9.17) is 0 Å². The van der Waals surface area contributed by atoms with Gasteiger partial charge in [0.15, 0.2) is 5.13 Å². The Labute approximate surface area is 181 Å². The zero-order chi connectivity index (χ0) is 22.6. The molecular weight excluding hydrogens is 433 g/mol. The molecule has 0 saturated carbocycles. The molecule has 1 aliphatic heterocycles. The maximum atomic E-state index is 12.5. The Morgan fingerprint density at radius 3 is 2.39 bits per heavy atom. The van der Waals surface area contributed by atoms with Crippen LogP contribution in [0.5, 0.6) is 5.75 Å². The largest absolute Gasteiger partial charge is 0.573 e. The molecule has 2 amide bonds. The van der Waals surface area contributed by atoms with Crippen LogP contribution < -0.4 is 15.4 Å². The lowest BCUT2D eigenvalue weighted by atomic mass is 9.95. The third-order valence-corrected chi connectivity index (χ3v) is 5.91. The van der Waals surface area contributed by atoms with Crippen molar-refractivity contribution in [2.45, 2.75) is 39.1 Å². The van der Waals surface area contributed by atoms with Gasteiger partial charge in [0.1, 0.15) is 5.75 Å². The highest BCUT2D eigenvalue weighted by molar-refractivity contribution is 7.13. The summed E-state index contributed by atoms with van der Waals surface area (Å²) in [6, 6.07) is 4.53.